The first kappa shape index (κ1) is 22.8. The minimum atomic E-state index is -0.918. The molecule has 0 aliphatic heterocycles. The highest BCUT2D eigenvalue weighted by atomic mass is 16.5. The molecule has 0 saturated heterocycles. The van der Waals surface area contributed by atoms with Crippen molar-refractivity contribution in [2.75, 3.05) is 19.7 Å². The Balaban J connectivity index is 1.20. The summed E-state index contributed by atoms with van der Waals surface area (Å²) in [5, 5.41) is 14.3. The molecule has 0 bridgehead atoms. The third-order valence-electron chi connectivity index (χ3n) is 6.73. The molecule has 174 valence electrons. The topological polar surface area (TPSA) is 105 Å². The molecule has 2 aromatic carbocycles. The van der Waals surface area contributed by atoms with Gasteiger partial charge in [0.1, 0.15) is 6.61 Å². The van der Waals surface area contributed by atoms with Crippen molar-refractivity contribution in [3.63, 3.8) is 0 Å². The highest BCUT2D eigenvalue weighted by Crippen LogP contribution is 2.44. The lowest BCUT2D eigenvalue weighted by atomic mass is 9.81. The first-order valence-corrected chi connectivity index (χ1v) is 11.6. The molecule has 2 aliphatic rings. The SMILES string of the molecule is O=C(O)CCNC(=O)C1CCC(CNC(=O)OCC2c3ccccc3-c3ccccc32)CC1. The van der Waals surface area contributed by atoms with Gasteiger partial charge in [0.2, 0.25) is 5.91 Å². The number of hydrogen-bond acceptors (Lipinski definition) is 4. The molecule has 1 saturated carbocycles. The number of amides is 2. The number of benzene rings is 2. The molecule has 1 fully saturated rings. The van der Waals surface area contributed by atoms with Crippen LogP contribution in [0.2, 0.25) is 0 Å². The van der Waals surface area contributed by atoms with Crippen molar-refractivity contribution in [3.8, 4) is 11.1 Å². The number of carboxylic acids is 1. The number of aliphatic carboxylic acids is 1. The lowest BCUT2D eigenvalue weighted by molar-refractivity contribution is -0.137. The average molecular weight is 451 g/mol. The van der Waals surface area contributed by atoms with Crippen molar-refractivity contribution in [1.29, 1.82) is 0 Å². The largest absolute Gasteiger partial charge is 0.481 e. The van der Waals surface area contributed by atoms with E-state index in [1.165, 1.54) is 22.3 Å². The van der Waals surface area contributed by atoms with Crippen molar-refractivity contribution in [1.82, 2.24) is 10.6 Å². The van der Waals surface area contributed by atoms with E-state index in [2.05, 4.69) is 34.9 Å². The summed E-state index contributed by atoms with van der Waals surface area (Å²) < 4.78 is 5.59. The molecule has 33 heavy (non-hydrogen) atoms. The van der Waals surface area contributed by atoms with E-state index >= 15 is 0 Å². The molecule has 2 amide bonds. The van der Waals surface area contributed by atoms with Gasteiger partial charge in [-0.3, -0.25) is 9.59 Å². The molecule has 0 heterocycles. The Bertz CT molecular complexity index is 968. The summed E-state index contributed by atoms with van der Waals surface area (Å²) >= 11 is 0. The fourth-order valence-corrected chi connectivity index (χ4v) is 4.94. The maximum atomic E-state index is 12.4. The van der Waals surface area contributed by atoms with E-state index in [9.17, 15) is 14.4 Å². The van der Waals surface area contributed by atoms with Crippen molar-refractivity contribution in [2.24, 2.45) is 11.8 Å². The summed E-state index contributed by atoms with van der Waals surface area (Å²) in [4.78, 5) is 35.1. The van der Waals surface area contributed by atoms with Gasteiger partial charge in [-0.25, -0.2) is 4.79 Å². The molecule has 0 unspecified atom stereocenters. The van der Waals surface area contributed by atoms with Crippen LogP contribution in [0, 0.1) is 11.8 Å². The molecule has 2 aliphatic carbocycles. The summed E-state index contributed by atoms with van der Waals surface area (Å²) in [6.07, 6.45) is 2.71. The average Bonchev–Trinajstić information content (AvgIpc) is 3.15. The van der Waals surface area contributed by atoms with Gasteiger partial charge in [0.25, 0.3) is 0 Å². The van der Waals surface area contributed by atoms with Crippen LogP contribution in [-0.4, -0.2) is 42.8 Å². The van der Waals surface area contributed by atoms with Crippen LogP contribution in [0.5, 0.6) is 0 Å². The number of rotatable bonds is 8. The van der Waals surface area contributed by atoms with Crippen LogP contribution in [0.3, 0.4) is 0 Å². The minimum Gasteiger partial charge on any atom is -0.481 e. The molecule has 7 nitrogen and oxygen atoms in total. The number of carboxylic acid groups (broad SMARTS) is 1. The van der Waals surface area contributed by atoms with E-state index in [4.69, 9.17) is 9.84 Å². The van der Waals surface area contributed by atoms with Gasteiger partial charge in [-0.15, -0.1) is 0 Å². The second-order valence-corrected chi connectivity index (χ2v) is 8.86. The summed E-state index contributed by atoms with van der Waals surface area (Å²) in [5.74, 6) is -0.714. The van der Waals surface area contributed by atoms with Crippen molar-refractivity contribution >= 4 is 18.0 Å². The Morgan fingerprint density at radius 2 is 1.48 bits per heavy atom. The third kappa shape index (κ3) is 5.53. The summed E-state index contributed by atoms with van der Waals surface area (Å²) in [7, 11) is 0. The van der Waals surface area contributed by atoms with E-state index in [1.807, 2.05) is 24.3 Å². The van der Waals surface area contributed by atoms with E-state index in [-0.39, 0.29) is 30.7 Å². The maximum Gasteiger partial charge on any atom is 0.407 e. The van der Waals surface area contributed by atoms with Gasteiger partial charge in [-0.05, 0) is 53.9 Å². The zero-order chi connectivity index (χ0) is 23.2. The molecular formula is C26H30N2O5. The van der Waals surface area contributed by atoms with Gasteiger partial charge in [-0.2, -0.15) is 0 Å². The highest BCUT2D eigenvalue weighted by molar-refractivity contribution is 5.80. The zero-order valence-corrected chi connectivity index (χ0v) is 18.6. The van der Waals surface area contributed by atoms with Crippen LogP contribution in [0.25, 0.3) is 11.1 Å². The molecular weight excluding hydrogens is 420 g/mol. The number of alkyl carbamates (subject to hydrolysis) is 1. The van der Waals surface area contributed by atoms with Gasteiger partial charge in [0.05, 0.1) is 6.42 Å². The Kier molecular flexibility index (Phi) is 7.27. The fraction of sp³-hybridized carbons (Fsp3) is 0.423. The van der Waals surface area contributed by atoms with Gasteiger partial charge >= 0.3 is 12.1 Å². The predicted octanol–water partition coefficient (Wildman–Crippen LogP) is 3.92. The molecule has 4 rings (SSSR count). The molecule has 3 N–H and O–H groups in total. The number of ether oxygens (including phenoxy) is 1. The lowest BCUT2D eigenvalue weighted by Gasteiger charge is -2.27. The third-order valence-corrected chi connectivity index (χ3v) is 6.73. The molecule has 0 atom stereocenters. The van der Waals surface area contributed by atoms with E-state index in [0.29, 0.717) is 19.1 Å². The number of nitrogens with one attached hydrogen (secondary N) is 2. The van der Waals surface area contributed by atoms with Crippen LogP contribution in [0.15, 0.2) is 48.5 Å². The molecule has 0 aromatic heterocycles. The first-order valence-electron chi connectivity index (χ1n) is 11.6. The highest BCUT2D eigenvalue weighted by Gasteiger charge is 2.29. The van der Waals surface area contributed by atoms with Crippen LogP contribution < -0.4 is 10.6 Å². The van der Waals surface area contributed by atoms with Gasteiger partial charge in [0.15, 0.2) is 0 Å². The number of carbonyl (C=O) groups excluding carboxylic acids is 2. The fourth-order valence-electron chi connectivity index (χ4n) is 4.94. The molecule has 7 heteroatoms. The summed E-state index contributed by atoms with van der Waals surface area (Å²) in [6.45, 7) is 0.991. The second kappa shape index (κ2) is 10.5. The van der Waals surface area contributed by atoms with Crippen LogP contribution in [0.4, 0.5) is 4.79 Å². The summed E-state index contributed by atoms with van der Waals surface area (Å²) in [6, 6.07) is 16.5. The smallest absolute Gasteiger partial charge is 0.407 e. The number of hydrogen-bond donors (Lipinski definition) is 3. The first-order chi connectivity index (χ1) is 16.0. The van der Waals surface area contributed by atoms with Crippen molar-refractivity contribution in [2.45, 2.75) is 38.0 Å². The monoisotopic (exact) mass is 450 g/mol. The van der Waals surface area contributed by atoms with Crippen molar-refractivity contribution in [3.05, 3.63) is 59.7 Å². The zero-order valence-electron chi connectivity index (χ0n) is 18.6. The second-order valence-electron chi connectivity index (χ2n) is 8.86. The van der Waals surface area contributed by atoms with E-state index < -0.39 is 12.1 Å². The predicted molar refractivity (Wildman–Crippen MR) is 124 cm³/mol. The van der Waals surface area contributed by atoms with Crippen LogP contribution in [-0.2, 0) is 14.3 Å². The van der Waals surface area contributed by atoms with Crippen molar-refractivity contribution < 1.29 is 24.2 Å². The Morgan fingerprint density at radius 1 is 0.879 bits per heavy atom. The van der Waals surface area contributed by atoms with Gasteiger partial charge < -0.3 is 20.5 Å². The molecule has 2 aromatic rings. The van der Waals surface area contributed by atoms with Crippen LogP contribution >= 0.6 is 0 Å². The standard InChI is InChI=1S/C26H30N2O5/c29-24(30)13-14-27-25(31)18-11-9-17(10-12-18)15-28-26(32)33-16-23-21-7-3-1-5-19(21)20-6-2-4-8-22(20)23/h1-8,17-18,23H,9-16H2,(H,27,31)(H,28,32)(H,29,30). The summed E-state index contributed by atoms with van der Waals surface area (Å²) in [5.41, 5.74) is 4.77. The molecule has 0 radical (unpaired) electrons. The Morgan fingerprint density at radius 3 is 2.09 bits per heavy atom. The maximum absolute atomic E-state index is 12.4. The Labute approximate surface area is 193 Å². The van der Waals surface area contributed by atoms with E-state index in [0.717, 1.165) is 25.7 Å². The number of carbonyl (C=O) groups is 3. The van der Waals surface area contributed by atoms with Crippen LogP contribution in [0.1, 0.15) is 49.1 Å². The number of fused-ring (bicyclic) bond motifs is 3. The van der Waals surface area contributed by atoms with E-state index in [1.54, 1.807) is 0 Å². The van der Waals surface area contributed by atoms with Gasteiger partial charge in [-0.1, -0.05) is 48.5 Å². The normalized spacial score (nSPS) is 19.3. The minimum absolute atomic E-state index is 0.0400. The van der Waals surface area contributed by atoms with Gasteiger partial charge in [0, 0.05) is 24.9 Å². The lowest BCUT2D eigenvalue weighted by Crippen LogP contribution is -2.37. The molecule has 0 spiro atoms. The quantitative estimate of drug-likeness (QED) is 0.565. The Hall–Kier alpha value is -3.35.